The molecule has 0 saturated heterocycles. The Morgan fingerprint density at radius 2 is 2.16 bits per heavy atom. The van der Waals surface area contributed by atoms with Crippen molar-refractivity contribution in [2.24, 2.45) is 5.92 Å². The molecule has 1 unspecified atom stereocenters. The second-order valence-electron chi connectivity index (χ2n) is 6.93. The molecule has 0 aromatic carbocycles. The van der Waals surface area contributed by atoms with Crippen LogP contribution in [0.25, 0.3) is 5.65 Å². The van der Waals surface area contributed by atoms with E-state index in [1.807, 2.05) is 28.8 Å². The van der Waals surface area contributed by atoms with Gasteiger partial charge in [0.15, 0.2) is 11.5 Å². The molecule has 1 aliphatic rings. The average Bonchev–Trinajstić information content (AvgIpc) is 3.08. The molecule has 5 nitrogen and oxygen atoms in total. The van der Waals surface area contributed by atoms with E-state index in [0.717, 1.165) is 36.0 Å². The summed E-state index contributed by atoms with van der Waals surface area (Å²) >= 11 is 1.79. The van der Waals surface area contributed by atoms with E-state index in [0.29, 0.717) is 6.42 Å². The smallest absolute Gasteiger partial charge is 0.220 e. The molecule has 1 saturated carbocycles. The van der Waals surface area contributed by atoms with Gasteiger partial charge in [0.2, 0.25) is 5.91 Å². The highest BCUT2D eigenvalue weighted by molar-refractivity contribution is 7.98. The van der Waals surface area contributed by atoms with Gasteiger partial charge >= 0.3 is 0 Å². The summed E-state index contributed by atoms with van der Waals surface area (Å²) in [6, 6.07) is 5.78. The Kier molecular flexibility index (Phi) is 6.73. The first kappa shape index (κ1) is 18.2. The summed E-state index contributed by atoms with van der Waals surface area (Å²) in [5, 5.41) is 11.8. The summed E-state index contributed by atoms with van der Waals surface area (Å²) in [5.74, 6) is 2.69. The number of pyridine rings is 1. The Bertz CT molecular complexity index is 681. The van der Waals surface area contributed by atoms with Crippen LogP contribution in [-0.2, 0) is 4.79 Å². The fourth-order valence-corrected chi connectivity index (χ4v) is 4.15. The lowest BCUT2D eigenvalue weighted by molar-refractivity contribution is -0.122. The van der Waals surface area contributed by atoms with Crippen LogP contribution in [0, 0.1) is 5.92 Å². The van der Waals surface area contributed by atoms with Crippen molar-refractivity contribution in [3.05, 3.63) is 30.2 Å². The van der Waals surface area contributed by atoms with Crippen LogP contribution in [0.3, 0.4) is 0 Å². The van der Waals surface area contributed by atoms with Gasteiger partial charge in [0, 0.05) is 12.6 Å². The van der Waals surface area contributed by atoms with Crippen LogP contribution < -0.4 is 5.32 Å². The second-order valence-corrected chi connectivity index (χ2v) is 7.92. The van der Waals surface area contributed by atoms with Crippen LogP contribution in [-0.4, -0.2) is 32.5 Å². The van der Waals surface area contributed by atoms with Gasteiger partial charge in [0.1, 0.15) is 0 Å². The summed E-state index contributed by atoms with van der Waals surface area (Å²) in [5.41, 5.74) is 0.822. The van der Waals surface area contributed by atoms with E-state index in [4.69, 9.17) is 0 Å². The van der Waals surface area contributed by atoms with E-state index < -0.39 is 0 Å². The summed E-state index contributed by atoms with van der Waals surface area (Å²) in [7, 11) is 0. The highest BCUT2D eigenvalue weighted by atomic mass is 32.2. The van der Waals surface area contributed by atoms with Gasteiger partial charge in [0.05, 0.1) is 6.04 Å². The third-order valence-corrected chi connectivity index (χ3v) is 5.75. The Labute approximate surface area is 154 Å². The molecular formula is C19H28N4OS. The molecule has 0 spiro atoms. The molecule has 0 radical (unpaired) electrons. The van der Waals surface area contributed by atoms with Crippen LogP contribution in [0.2, 0.25) is 0 Å². The maximum atomic E-state index is 12.5. The van der Waals surface area contributed by atoms with E-state index in [2.05, 4.69) is 21.8 Å². The number of aromatic nitrogens is 3. The van der Waals surface area contributed by atoms with Gasteiger partial charge in [-0.25, -0.2) is 0 Å². The maximum Gasteiger partial charge on any atom is 0.220 e. The predicted molar refractivity (Wildman–Crippen MR) is 103 cm³/mol. The van der Waals surface area contributed by atoms with E-state index in [1.54, 1.807) is 11.8 Å². The van der Waals surface area contributed by atoms with Gasteiger partial charge in [-0.05, 0) is 42.9 Å². The summed E-state index contributed by atoms with van der Waals surface area (Å²) in [6.45, 7) is 0. The fourth-order valence-electron chi connectivity index (χ4n) is 3.68. The van der Waals surface area contributed by atoms with Gasteiger partial charge in [0.25, 0.3) is 0 Å². The number of carbonyl (C=O) groups is 1. The number of amides is 1. The van der Waals surface area contributed by atoms with Crippen molar-refractivity contribution in [3.63, 3.8) is 0 Å². The van der Waals surface area contributed by atoms with Crippen LogP contribution in [0.5, 0.6) is 0 Å². The highest BCUT2D eigenvalue weighted by Crippen LogP contribution is 2.27. The number of thioether (sulfide) groups is 1. The molecule has 2 heterocycles. The van der Waals surface area contributed by atoms with Crippen LogP contribution in [0.15, 0.2) is 24.4 Å². The van der Waals surface area contributed by atoms with Crippen molar-refractivity contribution >= 4 is 23.3 Å². The third kappa shape index (κ3) is 4.97. The van der Waals surface area contributed by atoms with Crippen molar-refractivity contribution in [2.75, 3.05) is 12.0 Å². The number of fused-ring (bicyclic) bond motifs is 1. The number of nitrogens with one attached hydrogen (secondary N) is 1. The Morgan fingerprint density at radius 1 is 1.32 bits per heavy atom. The van der Waals surface area contributed by atoms with Crippen LogP contribution >= 0.6 is 11.8 Å². The summed E-state index contributed by atoms with van der Waals surface area (Å²) in [6.07, 6.45) is 13.2. The topological polar surface area (TPSA) is 59.3 Å². The number of rotatable bonds is 8. The van der Waals surface area contributed by atoms with Crippen molar-refractivity contribution in [1.29, 1.82) is 0 Å². The van der Waals surface area contributed by atoms with E-state index >= 15 is 0 Å². The quantitative estimate of drug-likeness (QED) is 0.773. The minimum absolute atomic E-state index is 0.0799. The molecule has 1 atom stereocenters. The lowest BCUT2D eigenvalue weighted by atomic mass is 9.86. The average molecular weight is 361 g/mol. The molecule has 25 heavy (non-hydrogen) atoms. The second kappa shape index (κ2) is 9.22. The van der Waals surface area contributed by atoms with Crippen molar-refractivity contribution in [1.82, 2.24) is 19.9 Å². The standard InChI is InChI=1S/C19H28N4OS/c1-25-14-12-16(19-22-21-17-9-5-6-13-23(17)19)20-18(24)11-10-15-7-3-2-4-8-15/h5-6,9,13,15-16H,2-4,7-8,10-12,14H2,1H3,(H,20,24). The van der Waals surface area contributed by atoms with Crippen molar-refractivity contribution in [2.45, 2.75) is 57.4 Å². The molecule has 6 heteroatoms. The molecule has 1 amide bonds. The zero-order chi connectivity index (χ0) is 17.5. The number of hydrogen-bond donors (Lipinski definition) is 1. The van der Waals surface area contributed by atoms with Gasteiger partial charge in [-0.3, -0.25) is 9.20 Å². The SMILES string of the molecule is CSCCC(NC(=O)CCC1CCCCC1)c1nnc2ccccn12. The van der Waals surface area contributed by atoms with Crippen LogP contribution in [0.4, 0.5) is 0 Å². The normalized spacial score (nSPS) is 16.8. The Hall–Kier alpha value is -1.56. The van der Waals surface area contributed by atoms with Gasteiger partial charge < -0.3 is 5.32 Å². The van der Waals surface area contributed by atoms with Gasteiger partial charge in [-0.2, -0.15) is 11.8 Å². The first-order valence-electron chi connectivity index (χ1n) is 9.36. The van der Waals surface area contributed by atoms with Gasteiger partial charge in [-0.1, -0.05) is 38.2 Å². The monoisotopic (exact) mass is 360 g/mol. The molecule has 2 aromatic heterocycles. The van der Waals surface area contributed by atoms with Crippen molar-refractivity contribution < 1.29 is 4.79 Å². The number of nitrogens with zero attached hydrogens (tertiary/aromatic N) is 3. The maximum absolute atomic E-state index is 12.5. The zero-order valence-corrected chi connectivity index (χ0v) is 15.8. The first-order chi connectivity index (χ1) is 12.3. The minimum atomic E-state index is -0.0799. The summed E-state index contributed by atoms with van der Waals surface area (Å²) < 4.78 is 1.98. The lowest BCUT2D eigenvalue weighted by Crippen LogP contribution is -2.30. The molecule has 2 aromatic rings. The molecule has 1 aliphatic carbocycles. The lowest BCUT2D eigenvalue weighted by Gasteiger charge is -2.22. The molecule has 1 fully saturated rings. The molecule has 3 rings (SSSR count). The highest BCUT2D eigenvalue weighted by Gasteiger charge is 2.21. The van der Waals surface area contributed by atoms with Crippen molar-refractivity contribution in [3.8, 4) is 0 Å². The van der Waals surface area contributed by atoms with Crippen LogP contribution in [0.1, 0.15) is 63.2 Å². The zero-order valence-electron chi connectivity index (χ0n) is 15.0. The Morgan fingerprint density at radius 3 is 2.96 bits per heavy atom. The predicted octanol–water partition coefficient (Wildman–Crippen LogP) is 4.00. The van der Waals surface area contributed by atoms with E-state index in [-0.39, 0.29) is 11.9 Å². The molecule has 0 bridgehead atoms. The minimum Gasteiger partial charge on any atom is -0.346 e. The summed E-state index contributed by atoms with van der Waals surface area (Å²) in [4.78, 5) is 12.5. The fraction of sp³-hybridized carbons (Fsp3) is 0.632. The first-order valence-corrected chi connectivity index (χ1v) is 10.8. The number of hydrogen-bond acceptors (Lipinski definition) is 4. The van der Waals surface area contributed by atoms with Gasteiger partial charge in [-0.15, -0.1) is 10.2 Å². The van der Waals surface area contributed by atoms with E-state index in [1.165, 1.54) is 32.1 Å². The third-order valence-electron chi connectivity index (χ3n) is 5.10. The largest absolute Gasteiger partial charge is 0.346 e. The van der Waals surface area contributed by atoms with E-state index in [9.17, 15) is 4.79 Å². The molecule has 0 aliphatic heterocycles. The molecule has 1 N–H and O–H groups in total. The molecular weight excluding hydrogens is 332 g/mol. The Balaban J connectivity index is 1.63. The molecule has 136 valence electrons. The number of carbonyl (C=O) groups excluding carboxylic acids is 1.